The molecule has 0 amide bonds. The Kier molecular flexibility index (Phi) is 10.4. The number of ether oxygens (including phenoxy) is 4. The van der Waals surface area contributed by atoms with Crippen LogP contribution in [0.4, 0.5) is 0 Å². The van der Waals surface area contributed by atoms with Crippen molar-refractivity contribution in [3.05, 3.63) is 24.3 Å². The molecule has 1 atom stereocenters. The first-order valence-corrected chi connectivity index (χ1v) is 9.80. The van der Waals surface area contributed by atoms with Gasteiger partial charge in [-0.2, -0.15) is 0 Å². The summed E-state index contributed by atoms with van der Waals surface area (Å²) in [5, 5.41) is 6.60. The van der Waals surface area contributed by atoms with Gasteiger partial charge in [-0.3, -0.25) is 4.99 Å². The monoisotopic (exact) mass is 379 g/mol. The number of aliphatic imine (C=N–C) groups is 1. The minimum absolute atomic E-state index is 0.276. The molecule has 0 aromatic heterocycles. The van der Waals surface area contributed by atoms with E-state index in [1.807, 2.05) is 24.3 Å². The van der Waals surface area contributed by atoms with Crippen LogP contribution in [0.2, 0.25) is 0 Å². The molecule has 1 aromatic carbocycles. The van der Waals surface area contributed by atoms with Crippen LogP contribution in [0.5, 0.6) is 11.5 Å². The summed E-state index contributed by atoms with van der Waals surface area (Å²) in [5.74, 6) is 2.51. The van der Waals surface area contributed by atoms with E-state index in [2.05, 4.69) is 22.5 Å². The molecule has 7 nitrogen and oxygen atoms in total. The SMILES string of the molecule is CCNC(=NCCCOc1ccc(OC)cc1)NCCCOC1CCOC1. The number of nitrogens with one attached hydrogen (secondary N) is 2. The van der Waals surface area contributed by atoms with Crippen LogP contribution >= 0.6 is 0 Å². The predicted octanol–water partition coefficient (Wildman–Crippen LogP) is 2.21. The highest BCUT2D eigenvalue weighted by Crippen LogP contribution is 2.16. The van der Waals surface area contributed by atoms with E-state index in [1.54, 1.807) is 7.11 Å². The van der Waals surface area contributed by atoms with Crippen LogP contribution in [-0.4, -0.2) is 65.2 Å². The fourth-order valence-corrected chi connectivity index (χ4v) is 2.63. The minimum atomic E-state index is 0.276. The Hall–Kier alpha value is -1.99. The first-order valence-electron chi connectivity index (χ1n) is 9.80. The summed E-state index contributed by atoms with van der Waals surface area (Å²) in [6, 6.07) is 7.61. The van der Waals surface area contributed by atoms with Gasteiger partial charge >= 0.3 is 0 Å². The van der Waals surface area contributed by atoms with Gasteiger partial charge in [0.05, 0.1) is 26.4 Å². The van der Waals surface area contributed by atoms with Crippen molar-refractivity contribution in [2.45, 2.75) is 32.3 Å². The second kappa shape index (κ2) is 13.2. The summed E-state index contributed by atoms with van der Waals surface area (Å²) in [7, 11) is 1.65. The molecule has 0 spiro atoms. The van der Waals surface area contributed by atoms with E-state index in [-0.39, 0.29) is 6.10 Å². The number of nitrogens with zero attached hydrogens (tertiary/aromatic N) is 1. The van der Waals surface area contributed by atoms with Crippen molar-refractivity contribution in [1.82, 2.24) is 10.6 Å². The van der Waals surface area contributed by atoms with Gasteiger partial charge in [0.2, 0.25) is 0 Å². The molecule has 152 valence electrons. The van der Waals surface area contributed by atoms with Gasteiger partial charge < -0.3 is 29.6 Å². The molecule has 0 saturated carbocycles. The van der Waals surface area contributed by atoms with Gasteiger partial charge in [-0.05, 0) is 44.0 Å². The van der Waals surface area contributed by atoms with Gasteiger partial charge in [0.25, 0.3) is 0 Å². The second-order valence-corrected chi connectivity index (χ2v) is 6.27. The van der Waals surface area contributed by atoms with Crippen molar-refractivity contribution in [3.63, 3.8) is 0 Å². The Bertz CT molecular complexity index is 531. The lowest BCUT2D eigenvalue weighted by atomic mass is 10.3. The van der Waals surface area contributed by atoms with Gasteiger partial charge in [-0.1, -0.05) is 0 Å². The topological polar surface area (TPSA) is 73.3 Å². The lowest BCUT2D eigenvalue weighted by molar-refractivity contribution is 0.0420. The Labute approximate surface area is 162 Å². The van der Waals surface area contributed by atoms with E-state index in [9.17, 15) is 0 Å². The van der Waals surface area contributed by atoms with E-state index in [0.29, 0.717) is 13.2 Å². The van der Waals surface area contributed by atoms with Crippen molar-refractivity contribution in [2.75, 3.05) is 53.2 Å². The Morgan fingerprint density at radius 2 is 1.96 bits per heavy atom. The number of hydrogen-bond acceptors (Lipinski definition) is 5. The number of methoxy groups -OCH3 is 1. The maximum atomic E-state index is 5.76. The van der Waals surface area contributed by atoms with Crippen LogP contribution in [0.15, 0.2) is 29.3 Å². The van der Waals surface area contributed by atoms with Gasteiger partial charge in [-0.25, -0.2) is 0 Å². The Morgan fingerprint density at radius 3 is 2.67 bits per heavy atom. The minimum Gasteiger partial charge on any atom is -0.497 e. The maximum Gasteiger partial charge on any atom is 0.191 e. The quantitative estimate of drug-likeness (QED) is 0.330. The molecule has 1 fully saturated rings. The molecule has 1 aliphatic heterocycles. The number of guanidine groups is 1. The van der Waals surface area contributed by atoms with Crippen LogP contribution < -0.4 is 20.1 Å². The summed E-state index contributed by atoms with van der Waals surface area (Å²) >= 11 is 0. The Balaban J connectivity index is 1.56. The van der Waals surface area contributed by atoms with E-state index >= 15 is 0 Å². The zero-order valence-corrected chi connectivity index (χ0v) is 16.5. The molecule has 2 rings (SSSR count). The van der Waals surface area contributed by atoms with Crippen LogP contribution in [0, 0.1) is 0 Å². The molecule has 1 unspecified atom stereocenters. The van der Waals surface area contributed by atoms with Crippen molar-refractivity contribution < 1.29 is 18.9 Å². The normalized spacial score (nSPS) is 17.0. The molecule has 27 heavy (non-hydrogen) atoms. The van der Waals surface area contributed by atoms with Gasteiger partial charge in [0.1, 0.15) is 11.5 Å². The third-order valence-electron chi connectivity index (χ3n) is 4.10. The van der Waals surface area contributed by atoms with E-state index in [0.717, 1.165) is 69.6 Å². The number of rotatable bonds is 12. The fourth-order valence-electron chi connectivity index (χ4n) is 2.63. The third-order valence-corrected chi connectivity index (χ3v) is 4.10. The molecular formula is C20H33N3O4. The molecule has 1 aliphatic rings. The zero-order valence-electron chi connectivity index (χ0n) is 16.5. The molecule has 2 N–H and O–H groups in total. The predicted molar refractivity (Wildman–Crippen MR) is 107 cm³/mol. The van der Waals surface area contributed by atoms with Crippen molar-refractivity contribution >= 4 is 5.96 Å². The molecule has 1 heterocycles. The van der Waals surface area contributed by atoms with Gasteiger partial charge in [-0.15, -0.1) is 0 Å². The average Bonchev–Trinajstić information content (AvgIpc) is 3.21. The highest BCUT2D eigenvalue weighted by atomic mass is 16.5. The van der Waals surface area contributed by atoms with Crippen LogP contribution in [0.25, 0.3) is 0 Å². The smallest absolute Gasteiger partial charge is 0.191 e. The maximum absolute atomic E-state index is 5.76. The van der Waals surface area contributed by atoms with Crippen molar-refractivity contribution in [2.24, 2.45) is 4.99 Å². The summed E-state index contributed by atoms with van der Waals surface area (Å²) < 4.78 is 21.9. The van der Waals surface area contributed by atoms with Crippen LogP contribution in [0.1, 0.15) is 26.2 Å². The molecular weight excluding hydrogens is 346 g/mol. The molecule has 0 bridgehead atoms. The second-order valence-electron chi connectivity index (χ2n) is 6.27. The Morgan fingerprint density at radius 1 is 1.15 bits per heavy atom. The van der Waals surface area contributed by atoms with Crippen LogP contribution in [0.3, 0.4) is 0 Å². The third kappa shape index (κ3) is 8.97. The molecule has 0 aliphatic carbocycles. The number of benzene rings is 1. The van der Waals surface area contributed by atoms with E-state index in [4.69, 9.17) is 18.9 Å². The fraction of sp³-hybridized carbons (Fsp3) is 0.650. The first-order chi connectivity index (χ1) is 13.3. The molecule has 1 aromatic rings. The highest BCUT2D eigenvalue weighted by Gasteiger charge is 2.15. The van der Waals surface area contributed by atoms with Crippen molar-refractivity contribution in [1.29, 1.82) is 0 Å². The van der Waals surface area contributed by atoms with Crippen molar-refractivity contribution in [3.8, 4) is 11.5 Å². The lowest BCUT2D eigenvalue weighted by Gasteiger charge is -2.13. The van der Waals surface area contributed by atoms with E-state index in [1.165, 1.54) is 0 Å². The molecule has 0 radical (unpaired) electrons. The van der Waals surface area contributed by atoms with Gasteiger partial charge in [0.15, 0.2) is 5.96 Å². The number of hydrogen-bond donors (Lipinski definition) is 2. The summed E-state index contributed by atoms with van der Waals surface area (Å²) in [4.78, 5) is 4.58. The lowest BCUT2D eigenvalue weighted by Crippen LogP contribution is -2.38. The average molecular weight is 380 g/mol. The zero-order chi connectivity index (χ0) is 19.2. The van der Waals surface area contributed by atoms with E-state index < -0.39 is 0 Å². The molecule has 1 saturated heterocycles. The summed E-state index contributed by atoms with van der Waals surface area (Å²) in [5.41, 5.74) is 0. The standard InChI is InChI=1S/C20H33N3O4/c1-3-21-20(23-12-5-14-27-19-10-15-25-16-19)22-11-4-13-26-18-8-6-17(24-2)7-9-18/h6-9,19H,3-5,10-16H2,1-2H3,(H2,21,22,23). The van der Waals surface area contributed by atoms with Crippen LogP contribution in [-0.2, 0) is 9.47 Å². The summed E-state index contributed by atoms with van der Waals surface area (Å²) in [6.45, 7) is 7.38. The highest BCUT2D eigenvalue weighted by molar-refractivity contribution is 5.79. The first kappa shape index (κ1) is 21.3. The molecule has 7 heteroatoms. The largest absolute Gasteiger partial charge is 0.497 e. The summed E-state index contributed by atoms with van der Waals surface area (Å²) in [6.07, 6.45) is 3.09. The van der Waals surface area contributed by atoms with Gasteiger partial charge in [0, 0.05) is 39.3 Å².